The molecule has 0 spiro atoms. The van der Waals surface area contributed by atoms with Crippen molar-refractivity contribution in [2.75, 3.05) is 18.1 Å². The minimum Gasteiger partial charge on any atom is -0.312 e. The molecule has 1 aromatic heterocycles. The quantitative estimate of drug-likeness (QED) is 0.908. The van der Waals surface area contributed by atoms with Crippen LogP contribution in [0.5, 0.6) is 0 Å². The molecule has 1 aliphatic heterocycles. The maximum absolute atomic E-state index is 4.41. The third kappa shape index (κ3) is 3.39. The van der Waals surface area contributed by atoms with Crippen LogP contribution in [0.3, 0.4) is 0 Å². The van der Waals surface area contributed by atoms with Crippen LogP contribution in [-0.4, -0.2) is 27.8 Å². The molecule has 0 radical (unpaired) electrons. The standard InChI is InChI=1S/C15H19N3S/c1-2-4-15(5-3-1)18-11-14(10-17-18)9-16-8-13-6-7-19-12-13/h1-5,10-11,13,16H,6-9,12H2. The second-order valence-electron chi connectivity index (χ2n) is 4.99. The van der Waals surface area contributed by atoms with E-state index in [0.29, 0.717) is 0 Å². The van der Waals surface area contributed by atoms with Crippen LogP contribution in [0.25, 0.3) is 5.69 Å². The molecule has 19 heavy (non-hydrogen) atoms. The summed E-state index contributed by atoms with van der Waals surface area (Å²) in [4.78, 5) is 0. The van der Waals surface area contributed by atoms with Gasteiger partial charge in [0.25, 0.3) is 0 Å². The molecular weight excluding hydrogens is 254 g/mol. The van der Waals surface area contributed by atoms with Gasteiger partial charge in [0.15, 0.2) is 0 Å². The molecule has 2 heterocycles. The van der Waals surface area contributed by atoms with Crippen LogP contribution >= 0.6 is 11.8 Å². The van der Waals surface area contributed by atoms with Crippen LogP contribution in [0, 0.1) is 5.92 Å². The minimum atomic E-state index is 0.856. The van der Waals surface area contributed by atoms with Gasteiger partial charge in [-0.1, -0.05) is 18.2 Å². The number of nitrogens with one attached hydrogen (secondary N) is 1. The van der Waals surface area contributed by atoms with E-state index in [4.69, 9.17) is 0 Å². The second-order valence-corrected chi connectivity index (χ2v) is 6.14. The van der Waals surface area contributed by atoms with Crippen LogP contribution < -0.4 is 5.32 Å². The van der Waals surface area contributed by atoms with Crippen molar-refractivity contribution in [3.05, 3.63) is 48.3 Å². The number of benzene rings is 1. The van der Waals surface area contributed by atoms with Crippen LogP contribution in [0.4, 0.5) is 0 Å². The smallest absolute Gasteiger partial charge is 0.0645 e. The highest BCUT2D eigenvalue weighted by molar-refractivity contribution is 7.99. The topological polar surface area (TPSA) is 29.9 Å². The number of rotatable bonds is 5. The Kier molecular flexibility index (Phi) is 4.20. The van der Waals surface area contributed by atoms with Gasteiger partial charge in [-0.15, -0.1) is 0 Å². The van der Waals surface area contributed by atoms with E-state index in [1.807, 2.05) is 29.1 Å². The van der Waals surface area contributed by atoms with Crippen LogP contribution in [0.1, 0.15) is 12.0 Å². The van der Waals surface area contributed by atoms with Gasteiger partial charge in [-0.05, 0) is 42.5 Å². The van der Waals surface area contributed by atoms with Crippen LogP contribution in [0.2, 0.25) is 0 Å². The highest BCUT2D eigenvalue weighted by atomic mass is 32.2. The van der Waals surface area contributed by atoms with E-state index < -0.39 is 0 Å². The molecule has 1 N–H and O–H groups in total. The predicted octanol–water partition coefficient (Wildman–Crippen LogP) is 2.72. The third-order valence-corrected chi connectivity index (χ3v) is 4.67. The van der Waals surface area contributed by atoms with Crippen LogP contribution in [-0.2, 0) is 6.54 Å². The van der Waals surface area contributed by atoms with Gasteiger partial charge in [0.05, 0.1) is 11.9 Å². The van der Waals surface area contributed by atoms with Crippen molar-refractivity contribution in [1.82, 2.24) is 15.1 Å². The van der Waals surface area contributed by atoms with E-state index in [1.54, 1.807) is 0 Å². The van der Waals surface area contributed by atoms with Gasteiger partial charge in [0.2, 0.25) is 0 Å². The minimum absolute atomic E-state index is 0.856. The first-order valence-corrected chi connectivity index (χ1v) is 7.95. The van der Waals surface area contributed by atoms with Gasteiger partial charge in [-0.3, -0.25) is 0 Å². The van der Waals surface area contributed by atoms with Crippen LogP contribution in [0.15, 0.2) is 42.7 Å². The van der Waals surface area contributed by atoms with Gasteiger partial charge >= 0.3 is 0 Å². The van der Waals surface area contributed by atoms with Crippen molar-refractivity contribution in [2.24, 2.45) is 5.92 Å². The summed E-state index contributed by atoms with van der Waals surface area (Å²) >= 11 is 2.07. The van der Waals surface area contributed by atoms with Gasteiger partial charge in [0, 0.05) is 18.3 Å². The van der Waals surface area contributed by atoms with Crippen molar-refractivity contribution >= 4 is 11.8 Å². The largest absolute Gasteiger partial charge is 0.312 e. The van der Waals surface area contributed by atoms with Crippen molar-refractivity contribution in [3.8, 4) is 5.69 Å². The Morgan fingerprint density at radius 1 is 1.32 bits per heavy atom. The lowest BCUT2D eigenvalue weighted by molar-refractivity contribution is 0.523. The molecule has 1 aromatic carbocycles. The lowest BCUT2D eigenvalue weighted by atomic mass is 10.1. The van der Waals surface area contributed by atoms with E-state index in [2.05, 4.69) is 40.5 Å². The highest BCUT2D eigenvalue weighted by Gasteiger charge is 2.14. The molecule has 3 rings (SSSR count). The Bertz CT molecular complexity index is 503. The molecule has 1 fully saturated rings. The average Bonchev–Trinajstić information content (AvgIpc) is 3.11. The molecule has 4 heteroatoms. The first kappa shape index (κ1) is 12.8. The van der Waals surface area contributed by atoms with Gasteiger partial charge in [0.1, 0.15) is 0 Å². The number of thioether (sulfide) groups is 1. The summed E-state index contributed by atoms with van der Waals surface area (Å²) in [6, 6.07) is 10.2. The van der Waals surface area contributed by atoms with Gasteiger partial charge < -0.3 is 5.32 Å². The number of hydrogen-bond acceptors (Lipinski definition) is 3. The van der Waals surface area contributed by atoms with Gasteiger partial charge in [-0.2, -0.15) is 16.9 Å². The maximum Gasteiger partial charge on any atom is 0.0645 e. The van der Waals surface area contributed by atoms with Crippen molar-refractivity contribution < 1.29 is 0 Å². The Morgan fingerprint density at radius 2 is 2.21 bits per heavy atom. The van der Waals surface area contributed by atoms with Crippen molar-refractivity contribution in [2.45, 2.75) is 13.0 Å². The molecule has 0 aliphatic carbocycles. The first-order chi connectivity index (χ1) is 9.42. The fourth-order valence-corrected chi connectivity index (χ4v) is 3.62. The summed E-state index contributed by atoms with van der Waals surface area (Å²) < 4.78 is 1.93. The molecule has 1 aliphatic rings. The fraction of sp³-hybridized carbons (Fsp3) is 0.400. The predicted molar refractivity (Wildman–Crippen MR) is 80.7 cm³/mol. The Morgan fingerprint density at radius 3 is 3.00 bits per heavy atom. The van der Waals surface area contributed by atoms with Gasteiger partial charge in [-0.25, -0.2) is 4.68 Å². The summed E-state index contributed by atoms with van der Waals surface area (Å²) in [5, 5.41) is 7.95. The Balaban J connectivity index is 1.53. The maximum atomic E-state index is 4.41. The fourth-order valence-electron chi connectivity index (χ4n) is 2.34. The lowest BCUT2D eigenvalue weighted by Gasteiger charge is -2.08. The Hall–Kier alpha value is -1.26. The number of nitrogens with zero attached hydrogens (tertiary/aromatic N) is 2. The van der Waals surface area contributed by atoms with Crippen molar-refractivity contribution in [3.63, 3.8) is 0 Å². The molecule has 1 unspecified atom stereocenters. The summed E-state index contributed by atoms with van der Waals surface area (Å²) in [5.74, 6) is 3.50. The Labute approximate surface area is 118 Å². The third-order valence-electron chi connectivity index (χ3n) is 3.44. The zero-order chi connectivity index (χ0) is 12.9. The van der Waals surface area contributed by atoms with E-state index in [1.165, 1.54) is 23.5 Å². The van der Waals surface area contributed by atoms with E-state index >= 15 is 0 Å². The second kappa shape index (κ2) is 6.26. The number of aromatic nitrogens is 2. The molecule has 0 saturated carbocycles. The van der Waals surface area contributed by atoms with E-state index in [0.717, 1.165) is 24.7 Å². The molecule has 0 amide bonds. The summed E-state index contributed by atoms with van der Waals surface area (Å²) in [6.07, 6.45) is 5.41. The lowest BCUT2D eigenvalue weighted by Crippen LogP contribution is -2.22. The first-order valence-electron chi connectivity index (χ1n) is 6.79. The molecule has 0 bridgehead atoms. The molecular formula is C15H19N3S. The zero-order valence-electron chi connectivity index (χ0n) is 11.0. The SMILES string of the molecule is c1ccc(-n2cc(CNCC3CCSC3)cn2)cc1. The molecule has 100 valence electrons. The highest BCUT2D eigenvalue weighted by Crippen LogP contribution is 2.22. The summed E-state index contributed by atoms with van der Waals surface area (Å²) in [5.41, 5.74) is 2.36. The zero-order valence-corrected chi connectivity index (χ0v) is 11.8. The average molecular weight is 273 g/mol. The summed E-state index contributed by atoms with van der Waals surface area (Å²) in [6.45, 7) is 2.04. The molecule has 1 atom stereocenters. The number of hydrogen-bond donors (Lipinski definition) is 1. The summed E-state index contributed by atoms with van der Waals surface area (Å²) in [7, 11) is 0. The molecule has 2 aromatic rings. The molecule has 1 saturated heterocycles. The van der Waals surface area contributed by atoms with E-state index in [-0.39, 0.29) is 0 Å². The normalized spacial score (nSPS) is 18.8. The molecule has 3 nitrogen and oxygen atoms in total. The van der Waals surface area contributed by atoms with Crippen molar-refractivity contribution in [1.29, 1.82) is 0 Å². The number of para-hydroxylation sites is 1. The monoisotopic (exact) mass is 273 g/mol. The van der Waals surface area contributed by atoms with E-state index in [9.17, 15) is 0 Å².